The number of rotatable bonds is 42. The van der Waals surface area contributed by atoms with Gasteiger partial charge in [-0.2, -0.15) is 12.8 Å². The van der Waals surface area contributed by atoms with Crippen molar-refractivity contribution >= 4 is 47.7 Å². The number of aliphatic hydroxyl groups is 9. The summed E-state index contributed by atoms with van der Waals surface area (Å²) in [4.78, 5) is 11.6. The van der Waals surface area contributed by atoms with E-state index < -0.39 is 139 Å². The third-order valence-electron chi connectivity index (χ3n) is 10.8. The van der Waals surface area contributed by atoms with Crippen LogP contribution in [-0.2, 0) is 251 Å². The van der Waals surface area contributed by atoms with Crippen molar-refractivity contribution in [3.8, 4) is 0 Å². The zero-order chi connectivity index (χ0) is 62.7. The van der Waals surface area contributed by atoms with Gasteiger partial charge in [-0.05, 0) is 58.0 Å². The molecule has 0 saturated carbocycles. The SMILES string of the molecule is C.CCC(CC)OCCOPC.CO[PH](=O)OCCO[PH](=O)OC(CO[PH](=O)OCCCCCOC1OC(CO)C(O)C(O)C1C)CO[PH](=O)OCCCCCOC1OC(CO)C(O)C(O)C1NC(C)=O.OCC(O)CO.[CH2-]CC.[CH2-]CC.[Ni].[Ni].[Y].[Y].[Y].[Y]. The van der Waals surface area contributed by atoms with Gasteiger partial charge in [-0.15, -0.1) is 0 Å². The van der Waals surface area contributed by atoms with Gasteiger partial charge >= 0.3 is 33.0 Å². The molecule has 4 radical (unpaired) electrons. The molecule has 0 aromatic carbocycles. The molecule has 29 nitrogen and oxygen atoms in total. The van der Waals surface area contributed by atoms with E-state index in [0.29, 0.717) is 53.4 Å². The van der Waals surface area contributed by atoms with Crippen LogP contribution < -0.4 is 5.32 Å². The largest absolute Gasteiger partial charge is 0.394 e. The van der Waals surface area contributed by atoms with Crippen LogP contribution in [0.3, 0.4) is 0 Å². The van der Waals surface area contributed by atoms with Gasteiger partial charge in [0.2, 0.25) is 5.91 Å². The summed E-state index contributed by atoms with van der Waals surface area (Å²) in [5.41, 5.74) is 0. The van der Waals surface area contributed by atoms with Crippen LogP contribution in [0.1, 0.15) is 113 Å². The second-order valence-corrected chi connectivity index (χ2v) is 22.8. The van der Waals surface area contributed by atoms with Crippen molar-refractivity contribution in [3.63, 3.8) is 0 Å². The third-order valence-corrected chi connectivity index (χ3v) is 14.7. The van der Waals surface area contributed by atoms with Crippen LogP contribution in [0.5, 0.6) is 0 Å². The molecule has 0 aliphatic carbocycles. The van der Waals surface area contributed by atoms with E-state index in [1.165, 1.54) is 14.0 Å². The van der Waals surface area contributed by atoms with Gasteiger partial charge in [-0.1, -0.05) is 42.0 Å². The quantitative estimate of drug-likeness (QED) is 0.0179. The molecule has 16 atom stereocenters. The second-order valence-electron chi connectivity index (χ2n) is 17.7. The molecule has 2 fully saturated rings. The number of ether oxygens (including phenoxy) is 5. The predicted octanol–water partition coefficient (Wildman–Crippen LogP) is 3.91. The topological polar surface area (TPSA) is 409 Å². The first kappa shape index (κ1) is 116. The number of carbonyl (C=O) groups is 1. The number of carbonyl (C=O) groups excluding carboxylic acids is 1. The smallest absolute Gasteiger partial charge is 0.319 e. The Morgan fingerprint density at radius 3 is 1.38 bits per heavy atom. The number of unbranched alkanes of at least 4 members (excludes halogenated alkanes) is 4. The van der Waals surface area contributed by atoms with Crippen molar-refractivity contribution in [3.05, 3.63) is 13.8 Å². The fraction of sp³-hybridized carbons (Fsp3) is 0.939. The van der Waals surface area contributed by atoms with E-state index in [-0.39, 0.29) is 224 Å². The first-order valence-corrected chi connectivity index (χ1v) is 33.8. The number of aliphatic hydroxyl groups excluding tert-OH is 9. The maximum Gasteiger partial charge on any atom is 0.319 e. The number of hydrogen-bond acceptors (Lipinski definition) is 28. The third kappa shape index (κ3) is 63.9. The second kappa shape index (κ2) is 80.6. The standard InChI is InChI=1S/C31H63NO23P4.C8H19O2P.C3H8O3.2C3H7.CH4.2Ni.4Y/c1-20-26(36)27(37)23(16-33)53-30(20)45-10-6-4-8-12-47-57(41)51-18-22(55-59(43)50-15-14-49-56(40)44-3)19-52-58(42)48-13-9-5-7-11-46-31-25(32-21(2)35)29(39)28(38)24(17-34)54-31;1-4-8(5-2)9-6-7-10-11-3;4-1-3(6)2-5;2*1-3-2;;;;;;;/h20,22-31,33-34,36-39,56-59H,4-19H2,1-3H3,(H,32,35);8,11H,4-7H2,1-3H3;3-6H,1-2H2;2*1,3H2,2H3;1H4;;;;;;/q;;;2*-1;;;;;;;. The molecule has 16 unspecified atom stereocenters. The molecule has 0 bridgehead atoms. The van der Waals surface area contributed by atoms with Gasteiger partial charge in [-0.25, -0.2) is 0 Å². The zero-order valence-corrected chi connectivity index (χ0v) is 70.4. The molecule has 0 spiro atoms. The van der Waals surface area contributed by atoms with E-state index in [9.17, 15) is 53.7 Å². The monoisotopic (exact) mass is 1790 g/mol. The van der Waals surface area contributed by atoms with Crippen LogP contribution in [0.2, 0.25) is 0 Å². The molecule has 2 saturated heterocycles. The summed E-state index contributed by atoms with van der Waals surface area (Å²) in [5, 5.41) is 85.8. The van der Waals surface area contributed by atoms with E-state index in [4.69, 9.17) is 75.2 Å². The minimum atomic E-state index is -3.22. The van der Waals surface area contributed by atoms with E-state index >= 15 is 0 Å². The summed E-state index contributed by atoms with van der Waals surface area (Å²) >= 11 is 0. The molecule has 0 aromatic heterocycles. The number of amides is 1. The Hall–Kier alpha value is 5.30. The first-order chi connectivity index (χ1) is 39.2. The molecule has 2 rings (SSSR count). The van der Waals surface area contributed by atoms with Crippen LogP contribution in [0, 0.1) is 19.8 Å². The Bertz CT molecular complexity index is 1590. The number of nitrogens with one attached hydrogen (secondary N) is 1. The van der Waals surface area contributed by atoms with Gasteiger partial charge in [0.25, 0.3) is 0 Å². The van der Waals surface area contributed by atoms with Gasteiger partial charge < -0.3 is 130 Å². The van der Waals surface area contributed by atoms with E-state index in [1.54, 1.807) is 6.92 Å². The molecular formula is C49H108NNi2O28P5Y4-2. The van der Waals surface area contributed by atoms with Gasteiger partial charge in [0.05, 0.1) is 91.5 Å². The Balaban J connectivity index is -0.000000221. The van der Waals surface area contributed by atoms with E-state index in [1.807, 2.05) is 20.5 Å². The van der Waals surface area contributed by atoms with Crippen LogP contribution >= 0.6 is 41.8 Å². The fourth-order valence-electron chi connectivity index (χ4n) is 6.44. The van der Waals surface area contributed by atoms with Crippen LogP contribution in [0.4, 0.5) is 0 Å². The Morgan fingerprint density at radius 2 is 0.989 bits per heavy atom. The molecule has 10 N–H and O–H groups in total. The average molecular weight is 1790 g/mol. The molecule has 2 heterocycles. The summed E-state index contributed by atoms with van der Waals surface area (Å²) in [6.45, 7) is 19.0. The predicted molar refractivity (Wildman–Crippen MR) is 314 cm³/mol. The molecule has 2 aliphatic heterocycles. The van der Waals surface area contributed by atoms with Crippen molar-refractivity contribution in [2.75, 3.05) is 106 Å². The number of hydrogen-bond donors (Lipinski definition) is 10. The van der Waals surface area contributed by atoms with Crippen molar-refractivity contribution < 1.29 is 297 Å². The van der Waals surface area contributed by atoms with Crippen molar-refractivity contribution in [1.82, 2.24) is 5.32 Å². The molecule has 0 aromatic rings. The summed E-state index contributed by atoms with van der Waals surface area (Å²) in [6, 6.07) is -1.07. The minimum absolute atomic E-state index is 0. The molecular weight excluding hydrogens is 1680 g/mol. The maximum atomic E-state index is 12.4. The first-order valence-electron chi connectivity index (χ1n) is 27.5. The summed E-state index contributed by atoms with van der Waals surface area (Å²) in [5.74, 6) is -0.997. The van der Waals surface area contributed by atoms with Gasteiger partial charge in [-0.3, -0.25) is 23.1 Å². The molecule has 89 heavy (non-hydrogen) atoms. The average Bonchev–Trinajstić information content (AvgIpc) is 3.61. The Kier molecular flexibility index (Phi) is 105. The molecule has 1 amide bonds. The van der Waals surface area contributed by atoms with Crippen molar-refractivity contribution in [2.24, 2.45) is 5.92 Å². The summed E-state index contributed by atoms with van der Waals surface area (Å²) in [7, 11) is -10.3. The normalized spacial score (nSPS) is 22.5. The molecule has 40 heteroatoms. The maximum absolute atomic E-state index is 12.4. The van der Waals surface area contributed by atoms with Crippen molar-refractivity contribution in [1.29, 1.82) is 0 Å². The Labute approximate surface area is 655 Å². The van der Waals surface area contributed by atoms with Crippen LogP contribution in [0.25, 0.3) is 0 Å². The van der Waals surface area contributed by atoms with Gasteiger partial charge in [0, 0.05) is 206 Å². The van der Waals surface area contributed by atoms with Crippen LogP contribution in [-0.4, -0.2) is 232 Å². The summed E-state index contributed by atoms with van der Waals surface area (Å²) in [6.07, 6.45) is -3.65. The molecule has 536 valence electrons. The van der Waals surface area contributed by atoms with E-state index in [0.717, 1.165) is 38.9 Å². The van der Waals surface area contributed by atoms with Gasteiger partial charge in [0.1, 0.15) is 48.8 Å². The Morgan fingerprint density at radius 1 is 0.584 bits per heavy atom. The van der Waals surface area contributed by atoms with Crippen LogP contribution in [0.15, 0.2) is 0 Å². The van der Waals surface area contributed by atoms with Gasteiger partial charge in [0.15, 0.2) is 12.6 Å². The summed E-state index contributed by atoms with van der Waals surface area (Å²) < 4.78 is 122. The zero-order valence-electron chi connectivity index (χ0n) is 52.1. The fourth-order valence-corrected chi connectivity index (χ4v) is 9.25. The van der Waals surface area contributed by atoms with E-state index in [2.05, 4.69) is 37.5 Å². The van der Waals surface area contributed by atoms with Crippen molar-refractivity contribution in [2.45, 2.75) is 187 Å². The minimum Gasteiger partial charge on any atom is -0.394 e. The molecule has 2 aliphatic rings.